The molecule has 0 aliphatic carbocycles. The number of aliphatic hydroxyl groups is 1. The Balaban J connectivity index is 0.000000184. The fourth-order valence-electron chi connectivity index (χ4n) is 10.9. The van der Waals surface area contributed by atoms with Gasteiger partial charge in [-0.25, -0.2) is 24.2 Å². The molecule has 5 heterocycles. The lowest BCUT2D eigenvalue weighted by atomic mass is 9.85. The number of ether oxygens (including phenoxy) is 4. The van der Waals surface area contributed by atoms with Gasteiger partial charge in [-0.1, -0.05) is 95.6 Å². The third kappa shape index (κ3) is 16.7. The summed E-state index contributed by atoms with van der Waals surface area (Å²) >= 11 is 3.49. The number of Topliss-reactive ketones (excluding diaryl/α,β-unsaturated/α-hetero) is 1. The molecular formula is C69H95BrN6O10. The molecule has 0 radical (unpaired) electrons. The van der Waals surface area contributed by atoms with Crippen molar-refractivity contribution in [3.05, 3.63) is 135 Å². The normalized spacial score (nSPS) is 17.4. The van der Waals surface area contributed by atoms with Gasteiger partial charge in [0, 0.05) is 70.3 Å². The maximum absolute atomic E-state index is 12.6. The Morgan fingerprint density at radius 1 is 0.488 bits per heavy atom. The highest BCUT2D eigenvalue weighted by molar-refractivity contribution is 9.10. The van der Waals surface area contributed by atoms with E-state index in [2.05, 4.69) is 106 Å². The Hall–Kier alpha value is -6.72. The number of imidazole rings is 1. The summed E-state index contributed by atoms with van der Waals surface area (Å²) in [5.74, 6) is 0.0318. The Kier molecular flexibility index (Phi) is 19.7. The number of carbonyl (C=O) groups is 5. The van der Waals surface area contributed by atoms with Crippen molar-refractivity contribution in [2.45, 2.75) is 215 Å². The fraction of sp³-hybridized carbons (Fsp3) is 0.536. The van der Waals surface area contributed by atoms with Crippen molar-refractivity contribution in [2.24, 2.45) is 0 Å². The minimum absolute atomic E-state index is 0.0318. The minimum Gasteiger partial charge on any atom is -0.443 e. The second-order valence-electron chi connectivity index (χ2n) is 29.7. The number of hydrogen-bond acceptors (Lipinski definition) is 11. The van der Waals surface area contributed by atoms with Gasteiger partial charge in [0.05, 0.1) is 41.2 Å². The molecule has 2 atom stereocenters. The molecular weight excluding hydrogens is 1150 g/mol. The van der Waals surface area contributed by atoms with Crippen molar-refractivity contribution in [3.63, 3.8) is 0 Å². The van der Waals surface area contributed by atoms with E-state index in [4.69, 9.17) is 18.9 Å². The van der Waals surface area contributed by atoms with Gasteiger partial charge in [0.25, 0.3) is 0 Å². The van der Waals surface area contributed by atoms with Crippen molar-refractivity contribution in [3.8, 4) is 0 Å². The van der Waals surface area contributed by atoms with Gasteiger partial charge in [0.15, 0.2) is 5.78 Å². The number of halogens is 1. The Labute approximate surface area is 520 Å². The number of nitrogens with zero attached hydrogens (tertiary/aromatic N) is 6. The van der Waals surface area contributed by atoms with Crippen LogP contribution in [-0.2, 0) is 40.6 Å². The first-order valence-corrected chi connectivity index (χ1v) is 30.4. The van der Waals surface area contributed by atoms with Gasteiger partial charge in [-0.3, -0.25) is 24.4 Å². The Bertz CT molecular complexity index is 3320. The van der Waals surface area contributed by atoms with Crippen molar-refractivity contribution < 1.29 is 48.0 Å². The molecule has 0 saturated carbocycles. The molecule has 4 amide bonds. The van der Waals surface area contributed by atoms with Crippen LogP contribution in [0, 0.1) is 0 Å². The van der Waals surface area contributed by atoms with Gasteiger partial charge in [-0.05, 0) is 186 Å². The van der Waals surface area contributed by atoms with Crippen LogP contribution in [0.1, 0.15) is 215 Å². The standard InChI is InChI=1S/C20H27N3O2.C17H25NO3.C17H23NO3.C15H20BrNO2/c1-14(22-10-9-21-13-22)15-7-8-17-16(11-15)20(5,6)12-23(17)18(24)25-19(2,3)4;2*1-11(19)12-7-8-14-13(9-12)17(5,6)10-18(14)15(20)21-16(2,3)4;1-14(2,3)19-13(18)17-9-15(4,5)11-8-10(16)6-7-12(11)17/h7-11,13-14H,12H2,1-6H3;7-9,11,19H,10H2,1-6H3;7-9H,10H2,1-6H3;6-8H,9H2,1-5H3. The average Bonchev–Trinajstić information content (AvgIpc) is 1.73. The SMILES string of the molecule is CC(=O)c1ccc2c(c1)C(C)(C)CN2C(=O)OC(C)(C)C.CC(C)(C)OC(=O)N1CC(C)(C)c2cc(Br)ccc21.CC(O)c1ccc2c(c1)C(C)(C)CN2C(=O)OC(C)(C)C.CC(c1ccc2c(c1)C(C)(C)CN2C(=O)OC(C)(C)C)n1ccnc1. The molecule has 4 aliphatic rings. The second-order valence-corrected chi connectivity index (χ2v) is 30.6. The minimum atomic E-state index is -0.524. The monoisotopic (exact) mass is 1250 g/mol. The van der Waals surface area contributed by atoms with Crippen LogP contribution in [0.2, 0.25) is 0 Å². The molecule has 0 fully saturated rings. The van der Waals surface area contributed by atoms with E-state index in [9.17, 15) is 29.1 Å². The number of rotatable bonds is 4. The lowest BCUT2D eigenvalue weighted by Crippen LogP contribution is -2.38. The highest BCUT2D eigenvalue weighted by Crippen LogP contribution is 2.46. The summed E-state index contributed by atoms with van der Waals surface area (Å²) in [5.41, 5.74) is 8.26. The number of hydrogen-bond donors (Lipinski definition) is 1. The topological polar surface area (TPSA) is 173 Å². The Morgan fingerprint density at radius 2 is 0.802 bits per heavy atom. The summed E-state index contributed by atoms with van der Waals surface area (Å²) in [6.07, 6.45) is 3.85. The largest absolute Gasteiger partial charge is 0.443 e. The fourth-order valence-corrected chi connectivity index (χ4v) is 11.2. The molecule has 1 aromatic heterocycles. The summed E-state index contributed by atoms with van der Waals surface area (Å²) in [7, 11) is 0. The van der Waals surface area contributed by atoms with E-state index in [0.717, 1.165) is 43.9 Å². The lowest BCUT2D eigenvalue weighted by molar-refractivity contribution is 0.0568. The molecule has 4 aromatic carbocycles. The Morgan fingerprint density at radius 3 is 1.13 bits per heavy atom. The van der Waals surface area contributed by atoms with Crippen LogP contribution in [-0.4, -0.2) is 93.4 Å². The molecule has 2 unspecified atom stereocenters. The van der Waals surface area contributed by atoms with E-state index < -0.39 is 28.5 Å². The highest BCUT2D eigenvalue weighted by Gasteiger charge is 2.44. The van der Waals surface area contributed by atoms with Crippen LogP contribution in [0.25, 0.3) is 0 Å². The van der Waals surface area contributed by atoms with Crippen molar-refractivity contribution in [1.82, 2.24) is 9.55 Å². The van der Waals surface area contributed by atoms with Gasteiger partial charge in [0.2, 0.25) is 0 Å². The molecule has 0 saturated heterocycles. The predicted octanol–water partition coefficient (Wildman–Crippen LogP) is 16.7. The van der Waals surface area contributed by atoms with E-state index in [1.165, 1.54) is 16.7 Å². The van der Waals surface area contributed by atoms with E-state index in [-0.39, 0.29) is 57.9 Å². The van der Waals surface area contributed by atoms with Crippen LogP contribution < -0.4 is 19.6 Å². The zero-order valence-corrected chi connectivity index (χ0v) is 56.9. The first-order valence-electron chi connectivity index (χ1n) is 29.6. The van der Waals surface area contributed by atoms with Crippen molar-refractivity contribution in [2.75, 3.05) is 45.8 Å². The van der Waals surface area contributed by atoms with Gasteiger partial charge in [-0.2, -0.15) is 0 Å². The number of aromatic nitrogens is 2. The molecule has 86 heavy (non-hydrogen) atoms. The summed E-state index contributed by atoms with van der Waals surface area (Å²) < 4.78 is 25.1. The molecule has 0 bridgehead atoms. The number of ketones is 1. The summed E-state index contributed by atoms with van der Waals surface area (Å²) in [5, 5.41) is 9.75. The predicted molar refractivity (Wildman–Crippen MR) is 347 cm³/mol. The second kappa shape index (κ2) is 24.8. The smallest absolute Gasteiger partial charge is 0.414 e. The number of anilines is 4. The summed E-state index contributed by atoms with van der Waals surface area (Å²) in [4.78, 5) is 72.2. The molecule has 4 aliphatic heterocycles. The van der Waals surface area contributed by atoms with Crippen LogP contribution in [0.3, 0.4) is 0 Å². The van der Waals surface area contributed by atoms with Crippen LogP contribution in [0.4, 0.5) is 41.9 Å². The number of carbonyl (C=O) groups excluding carboxylic acids is 5. The van der Waals surface area contributed by atoms with E-state index in [0.29, 0.717) is 31.7 Å². The average molecular weight is 1250 g/mol. The van der Waals surface area contributed by atoms with Gasteiger partial charge in [-0.15, -0.1) is 0 Å². The maximum Gasteiger partial charge on any atom is 0.414 e. The first-order chi connectivity index (χ1) is 39.2. The number of aliphatic hydroxyl groups excluding tert-OH is 1. The molecule has 5 aromatic rings. The van der Waals surface area contributed by atoms with Gasteiger partial charge >= 0.3 is 24.4 Å². The highest BCUT2D eigenvalue weighted by atomic mass is 79.9. The molecule has 1 N–H and O–H groups in total. The molecule has 16 nitrogen and oxygen atoms in total. The molecule has 0 spiro atoms. The number of fused-ring (bicyclic) bond motifs is 4. The zero-order valence-electron chi connectivity index (χ0n) is 55.3. The van der Waals surface area contributed by atoms with Crippen LogP contribution in [0.5, 0.6) is 0 Å². The van der Waals surface area contributed by atoms with Crippen LogP contribution >= 0.6 is 15.9 Å². The van der Waals surface area contributed by atoms with Gasteiger partial charge < -0.3 is 28.6 Å². The third-order valence-corrected chi connectivity index (χ3v) is 15.6. The zero-order chi connectivity index (χ0) is 64.8. The van der Waals surface area contributed by atoms with E-state index >= 15 is 0 Å². The molecule has 17 heteroatoms. The summed E-state index contributed by atoms with van der Waals surface area (Å²) in [6, 6.07) is 23.8. The van der Waals surface area contributed by atoms with Crippen molar-refractivity contribution in [1.29, 1.82) is 0 Å². The number of benzene rings is 4. The van der Waals surface area contributed by atoms with Gasteiger partial charge in [0.1, 0.15) is 22.4 Å². The number of amides is 4. The molecule has 468 valence electrons. The third-order valence-electron chi connectivity index (χ3n) is 15.1. The van der Waals surface area contributed by atoms with E-state index in [1.807, 2.05) is 144 Å². The lowest BCUT2D eigenvalue weighted by Gasteiger charge is -2.26. The van der Waals surface area contributed by atoms with Crippen molar-refractivity contribution >= 4 is 68.8 Å². The van der Waals surface area contributed by atoms with Crippen LogP contribution in [0.15, 0.2) is 96.0 Å². The quantitative estimate of drug-likeness (QED) is 0.134. The first kappa shape index (κ1) is 68.4. The summed E-state index contributed by atoms with van der Waals surface area (Å²) in [6.45, 7) is 47.3. The molecule has 9 rings (SSSR count). The van der Waals surface area contributed by atoms with E-state index in [1.54, 1.807) is 45.7 Å². The maximum atomic E-state index is 12.6.